The van der Waals surface area contributed by atoms with Gasteiger partial charge in [-0.15, -0.1) is 0 Å². The third kappa shape index (κ3) is 2.74. The highest BCUT2D eigenvalue weighted by Crippen LogP contribution is 2.42. The molecule has 0 bridgehead atoms. The van der Waals surface area contributed by atoms with Crippen molar-refractivity contribution in [2.24, 2.45) is 5.41 Å². The summed E-state index contributed by atoms with van der Waals surface area (Å²) in [5.74, 6) is 1.08. The van der Waals surface area contributed by atoms with E-state index in [0.29, 0.717) is 11.5 Å². The number of hydrogen-bond acceptors (Lipinski definition) is 3. The Morgan fingerprint density at radius 2 is 1.75 bits per heavy atom. The van der Waals surface area contributed by atoms with Crippen LogP contribution in [0.25, 0.3) is 0 Å². The molecule has 1 aliphatic carbocycles. The zero-order valence-corrected chi connectivity index (χ0v) is 11.7. The van der Waals surface area contributed by atoms with E-state index >= 15 is 0 Å². The molecule has 2 rings (SSSR count). The topological polar surface area (TPSA) is 6.48 Å². The highest BCUT2D eigenvalue weighted by molar-refractivity contribution is 7.80. The lowest BCUT2D eigenvalue weighted by Gasteiger charge is -2.46. The lowest BCUT2D eigenvalue weighted by Crippen LogP contribution is -2.53. The van der Waals surface area contributed by atoms with Crippen molar-refractivity contribution >= 4 is 12.6 Å². The molecule has 1 aliphatic heterocycles. The number of hydrogen-bond donors (Lipinski definition) is 1. The number of nitrogens with zero attached hydrogens (tertiary/aromatic N) is 2. The molecule has 0 aromatic carbocycles. The Bertz CT molecular complexity index is 212. The van der Waals surface area contributed by atoms with E-state index in [0.717, 1.165) is 5.75 Å². The average molecular weight is 242 g/mol. The monoisotopic (exact) mass is 242 g/mol. The number of thiol groups is 1. The zero-order valence-electron chi connectivity index (χ0n) is 10.8. The third-order valence-electron chi connectivity index (χ3n) is 4.45. The molecular formula is C13H26N2S. The van der Waals surface area contributed by atoms with Crippen LogP contribution in [0.4, 0.5) is 0 Å². The molecule has 1 saturated carbocycles. The molecule has 0 unspecified atom stereocenters. The summed E-state index contributed by atoms with van der Waals surface area (Å²) in [6.45, 7) is 10.9. The lowest BCUT2D eigenvalue weighted by atomic mass is 9.70. The molecule has 2 fully saturated rings. The van der Waals surface area contributed by atoms with E-state index in [9.17, 15) is 0 Å². The van der Waals surface area contributed by atoms with Gasteiger partial charge in [0.25, 0.3) is 0 Å². The van der Waals surface area contributed by atoms with Crippen molar-refractivity contribution in [3.05, 3.63) is 0 Å². The lowest BCUT2D eigenvalue weighted by molar-refractivity contribution is 0.0452. The van der Waals surface area contributed by atoms with Gasteiger partial charge in [0.05, 0.1) is 0 Å². The van der Waals surface area contributed by atoms with E-state index in [-0.39, 0.29) is 0 Å². The average Bonchev–Trinajstić information content (AvgIpc) is 2.24. The molecule has 0 radical (unpaired) electrons. The van der Waals surface area contributed by atoms with Gasteiger partial charge in [0.1, 0.15) is 0 Å². The molecule has 0 amide bonds. The summed E-state index contributed by atoms with van der Waals surface area (Å²) in [7, 11) is 0. The first-order chi connectivity index (χ1) is 7.65. The Balaban J connectivity index is 1.76. The van der Waals surface area contributed by atoms with Gasteiger partial charge in [-0.2, -0.15) is 12.6 Å². The summed E-state index contributed by atoms with van der Waals surface area (Å²) in [5, 5.41) is 0. The Hall–Kier alpha value is 0.270. The molecule has 1 saturated heterocycles. The van der Waals surface area contributed by atoms with Crippen molar-refractivity contribution in [2.45, 2.75) is 39.2 Å². The SMILES string of the molecule is CC(C)N1CCN(CC2(CS)CCC2)CC1. The Labute approximate surface area is 106 Å². The second kappa shape index (κ2) is 5.28. The van der Waals surface area contributed by atoms with Crippen LogP contribution in [0.1, 0.15) is 33.1 Å². The van der Waals surface area contributed by atoms with Gasteiger partial charge in [-0.25, -0.2) is 0 Å². The van der Waals surface area contributed by atoms with Gasteiger partial charge in [-0.1, -0.05) is 6.42 Å². The Kier molecular flexibility index (Phi) is 4.20. The molecule has 2 nitrogen and oxygen atoms in total. The number of piperazine rings is 1. The molecule has 0 aromatic heterocycles. The molecule has 0 N–H and O–H groups in total. The highest BCUT2D eigenvalue weighted by atomic mass is 32.1. The van der Waals surface area contributed by atoms with E-state index in [1.807, 2.05) is 0 Å². The molecule has 1 heterocycles. The van der Waals surface area contributed by atoms with Crippen LogP contribution in [0, 0.1) is 5.41 Å². The largest absolute Gasteiger partial charge is 0.300 e. The first-order valence-corrected chi connectivity index (χ1v) is 7.36. The van der Waals surface area contributed by atoms with Crippen LogP contribution in [-0.2, 0) is 0 Å². The standard InChI is InChI=1S/C13H26N2S/c1-12(2)15-8-6-14(7-9-15)10-13(11-16)4-3-5-13/h12,16H,3-11H2,1-2H3. The fraction of sp³-hybridized carbons (Fsp3) is 1.00. The van der Waals surface area contributed by atoms with Crippen molar-refractivity contribution in [1.82, 2.24) is 9.80 Å². The molecule has 2 aliphatic rings. The molecule has 0 atom stereocenters. The van der Waals surface area contributed by atoms with E-state index in [1.165, 1.54) is 52.0 Å². The normalized spacial score (nSPS) is 27.0. The summed E-state index contributed by atoms with van der Waals surface area (Å²) in [4.78, 5) is 5.25. The van der Waals surface area contributed by atoms with Crippen molar-refractivity contribution in [1.29, 1.82) is 0 Å². The van der Waals surface area contributed by atoms with Gasteiger partial charge in [-0.05, 0) is 37.9 Å². The fourth-order valence-electron chi connectivity index (χ4n) is 2.96. The van der Waals surface area contributed by atoms with Gasteiger partial charge in [-0.3, -0.25) is 4.90 Å². The van der Waals surface area contributed by atoms with Crippen molar-refractivity contribution < 1.29 is 0 Å². The van der Waals surface area contributed by atoms with Crippen LogP contribution in [0.15, 0.2) is 0 Å². The molecule has 94 valence electrons. The molecule has 3 heteroatoms. The minimum Gasteiger partial charge on any atom is -0.300 e. The third-order valence-corrected chi connectivity index (χ3v) is 5.12. The minimum absolute atomic E-state index is 0.573. The summed E-state index contributed by atoms with van der Waals surface area (Å²) >= 11 is 4.55. The summed E-state index contributed by atoms with van der Waals surface area (Å²) in [6.07, 6.45) is 4.23. The van der Waals surface area contributed by atoms with Crippen LogP contribution in [0.2, 0.25) is 0 Å². The van der Waals surface area contributed by atoms with Crippen LogP contribution >= 0.6 is 12.6 Å². The van der Waals surface area contributed by atoms with E-state index < -0.39 is 0 Å². The second-order valence-electron chi connectivity index (χ2n) is 5.92. The molecular weight excluding hydrogens is 216 g/mol. The van der Waals surface area contributed by atoms with Gasteiger partial charge in [0.2, 0.25) is 0 Å². The highest BCUT2D eigenvalue weighted by Gasteiger charge is 2.37. The molecule has 0 aromatic rings. The van der Waals surface area contributed by atoms with Crippen molar-refractivity contribution in [3.8, 4) is 0 Å². The maximum atomic E-state index is 4.55. The van der Waals surface area contributed by atoms with Gasteiger partial charge >= 0.3 is 0 Å². The molecule has 16 heavy (non-hydrogen) atoms. The van der Waals surface area contributed by atoms with E-state index in [2.05, 4.69) is 36.3 Å². The quantitative estimate of drug-likeness (QED) is 0.754. The fourth-order valence-corrected chi connectivity index (χ4v) is 3.37. The van der Waals surface area contributed by atoms with Crippen LogP contribution in [-0.4, -0.2) is 54.3 Å². The zero-order chi connectivity index (χ0) is 11.6. The molecule has 0 spiro atoms. The first-order valence-electron chi connectivity index (χ1n) is 6.72. The maximum absolute atomic E-state index is 4.55. The van der Waals surface area contributed by atoms with Crippen LogP contribution in [0.5, 0.6) is 0 Å². The summed E-state index contributed by atoms with van der Waals surface area (Å²) in [5.41, 5.74) is 0.573. The van der Waals surface area contributed by atoms with Crippen molar-refractivity contribution in [3.63, 3.8) is 0 Å². The van der Waals surface area contributed by atoms with Crippen LogP contribution < -0.4 is 0 Å². The predicted octanol–water partition coefficient (Wildman–Crippen LogP) is 2.11. The van der Waals surface area contributed by atoms with Gasteiger partial charge < -0.3 is 4.90 Å². The maximum Gasteiger partial charge on any atom is 0.0113 e. The second-order valence-corrected chi connectivity index (χ2v) is 6.23. The smallest absolute Gasteiger partial charge is 0.0113 e. The minimum atomic E-state index is 0.573. The first kappa shape index (κ1) is 12.7. The van der Waals surface area contributed by atoms with E-state index in [1.54, 1.807) is 0 Å². The van der Waals surface area contributed by atoms with Crippen LogP contribution in [0.3, 0.4) is 0 Å². The summed E-state index contributed by atoms with van der Waals surface area (Å²) in [6, 6.07) is 0.713. The van der Waals surface area contributed by atoms with Gasteiger partial charge in [0, 0.05) is 38.8 Å². The Morgan fingerprint density at radius 3 is 2.12 bits per heavy atom. The predicted molar refractivity (Wildman–Crippen MR) is 73.3 cm³/mol. The summed E-state index contributed by atoms with van der Waals surface area (Å²) < 4.78 is 0. The van der Waals surface area contributed by atoms with Crippen molar-refractivity contribution in [2.75, 3.05) is 38.5 Å². The van der Waals surface area contributed by atoms with Gasteiger partial charge in [0.15, 0.2) is 0 Å². The number of rotatable bonds is 4. The van der Waals surface area contributed by atoms with E-state index in [4.69, 9.17) is 0 Å². The Morgan fingerprint density at radius 1 is 1.12 bits per heavy atom.